The molecule has 0 aliphatic heterocycles. The quantitative estimate of drug-likeness (QED) is 0.681. The predicted molar refractivity (Wildman–Crippen MR) is 81.2 cm³/mol. The number of phenolic OH excluding ortho intramolecular Hbond substituents is 1. The Hall–Kier alpha value is -0.490. The number of thiocarbonyl (C=S) groups is 1. The van der Waals surface area contributed by atoms with E-state index in [1.54, 1.807) is 19.0 Å². The molecule has 0 saturated carbocycles. The predicted octanol–water partition coefficient (Wildman–Crippen LogP) is 3.46. The van der Waals surface area contributed by atoms with Crippen LogP contribution < -0.4 is 0 Å². The molecule has 0 atom stereocenters. The van der Waals surface area contributed by atoms with Crippen LogP contribution in [0.1, 0.15) is 10.4 Å². The topological polar surface area (TPSA) is 40.5 Å². The molecule has 0 aromatic heterocycles. The number of rotatable bonds is 3. The molecular formula is C11H11Cl2NO2S2. The van der Waals surface area contributed by atoms with Crippen LogP contribution in [0.2, 0.25) is 10.0 Å². The molecule has 0 spiro atoms. The minimum atomic E-state index is -0.272. The lowest BCUT2D eigenvalue weighted by molar-refractivity contribution is 0.102. The number of carbonyl (C=O) groups excluding carboxylic acids is 1. The first-order valence-electron chi connectivity index (χ1n) is 4.88. The summed E-state index contributed by atoms with van der Waals surface area (Å²) in [6.07, 6.45) is 0. The summed E-state index contributed by atoms with van der Waals surface area (Å²) in [5, 5.41) is 10.1. The molecule has 1 rings (SSSR count). The van der Waals surface area contributed by atoms with Gasteiger partial charge in [-0.3, -0.25) is 4.79 Å². The monoisotopic (exact) mass is 323 g/mol. The largest absolute Gasteiger partial charge is 0.506 e. The average Bonchev–Trinajstić information content (AvgIpc) is 2.29. The average molecular weight is 324 g/mol. The second-order valence-corrected chi connectivity index (χ2v) is 6.11. The number of ketones is 1. The number of nitrogens with zero attached hydrogens (tertiary/aromatic N) is 1. The van der Waals surface area contributed by atoms with Gasteiger partial charge in [-0.1, -0.05) is 47.2 Å². The number of halogens is 2. The van der Waals surface area contributed by atoms with Crippen molar-refractivity contribution < 1.29 is 9.90 Å². The lowest BCUT2D eigenvalue weighted by Gasteiger charge is -2.12. The molecule has 0 bridgehead atoms. The van der Waals surface area contributed by atoms with Crippen molar-refractivity contribution in [3.8, 4) is 5.75 Å². The van der Waals surface area contributed by atoms with Gasteiger partial charge in [0.05, 0.1) is 16.3 Å². The Morgan fingerprint density at radius 3 is 2.61 bits per heavy atom. The number of carbonyl (C=O) groups is 1. The zero-order chi connectivity index (χ0) is 13.9. The number of hydrogen-bond donors (Lipinski definition) is 1. The number of hydrogen-bond acceptors (Lipinski definition) is 4. The van der Waals surface area contributed by atoms with Gasteiger partial charge in [0.2, 0.25) is 0 Å². The minimum Gasteiger partial charge on any atom is -0.506 e. The zero-order valence-electron chi connectivity index (χ0n) is 9.74. The molecule has 0 aliphatic rings. The molecule has 0 fully saturated rings. The van der Waals surface area contributed by atoms with Gasteiger partial charge in [-0.05, 0) is 12.1 Å². The molecule has 0 amide bonds. The summed E-state index contributed by atoms with van der Waals surface area (Å²) in [7, 11) is 3.60. The van der Waals surface area contributed by atoms with E-state index >= 15 is 0 Å². The van der Waals surface area contributed by atoms with Crippen molar-refractivity contribution >= 4 is 57.3 Å². The van der Waals surface area contributed by atoms with Crippen molar-refractivity contribution in [2.24, 2.45) is 0 Å². The van der Waals surface area contributed by atoms with Crippen LogP contribution in [0.25, 0.3) is 0 Å². The summed E-state index contributed by atoms with van der Waals surface area (Å²) in [4.78, 5) is 13.7. The molecule has 1 aromatic rings. The zero-order valence-corrected chi connectivity index (χ0v) is 12.9. The Kier molecular flexibility index (Phi) is 5.72. The van der Waals surface area contributed by atoms with E-state index in [0.717, 1.165) is 0 Å². The van der Waals surface area contributed by atoms with Crippen molar-refractivity contribution in [1.82, 2.24) is 4.90 Å². The summed E-state index contributed by atoms with van der Waals surface area (Å²) in [6, 6.07) is 2.77. The first-order valence-corrected chi connectivity index (χ1v) is 7.03. The molecule has 7 heteroatoms. The van der Waals surface area contributed by atoms with Gasteiger partial charge in [0, 0.05) is 19.1 Å². The van der Waals surface area contributed by atoms with Crippen LogP contribution in [0.4, 0.5) is 0 Å². The summed E-state index contributed by atoms with van der Waals surface area (Å²) < 4.78 is 0.593. The second-order valence-electron chi connectivity index (χ2n) is 3.66. The fourth-order valence-electron chi connectivity index (χ4n) is 1.11. The molecule has 1 N–H and O–H groups in total. The lowest BCUT2D eigenvalue weighted by Crippen LogP contribution is -2.18. The molecule has 0 aliphatic carbocycles. The third-order valence-electron chi connectivity index (χ3n) is 2.02. The summed E-state index contributed by atoms with van der Waals surface area (Å²) in [6.45, 7) is 0. The summed E-state index contributed by atoms with van der Waals surface area (Å²) in [5.41, 5.74) is 0.113. The van der Waals surface area contributed by atoms with Gasteiger partial charge in [0.1, 0.15) is 10.1 Å². The van der Waals surface area contributed by atoms with E-state index in [2.05, 4.69) is 0 Å². The third kappa shape index (κ3) is 4.02. The van der Waals surface area contributed by atoms with Crippen LogP contribution in [-0.2, 0) is 0 Å². The van der Waals surface area contributed by atoms with Gasteiger partial charge >= 0.3 is 0 Å². The van der Waals surface area contributed by atoms with E-state index < -0.39 is 0 Å². The fraction of sp³-hybridized carbons (Fsp3) is 0.273. The molecule has 0 radical (unpaired) electrons. The lowest BCUT2D eigenvalue weighted by atomic mass is 10.1. The van der Waals surface area contributed by atoms with E-state index in [0.29, 0.717) is 9.34 Å². The van der Waals surface area contributed by atoms with Crippen molar-refractivity contribution in [1.29, 1.82) is 0 Å². The maximum Gasteiger partial charge on any atom is 0.176 e. The highest BCUT2D eigenvalue weighted by Crippen LogP contribution is 2.32. The third-order valence-corrected chi connectivity index (χ3v) is 4.26. The van der Waals surface area contributed by atoms with E-state index in [4.69, 9.17) is 35.4 Å². The van der Waals surface area contributed by atoms with Crippen molar-refractivity contribution in [2.75, 3.05) is 19.8 Å². The highest BCUT2D eigenvalue weighted by Gasteiger charge is 2.16. The first kappa shape index (κ1) is 15.6. The molecule has 18 heavy (non-hydrogen) atoms. The molecular weight excluding hydrogens is 313 g/mol. The van der Waals surface area contributed by atoms with Gasteiger partial charge in [0.25, 0.3) is 0 Å². The molecule has 0 unspecified atom stereocenters. The molecule has 0 saturated heterocycles. The standard InChI is InChI=1S/C11H11Cl2NO2S2/c1-14(2)11(17)18-5-9(15)7-3-6(12)4-8(13)10(7)16/h3-4,16H,5H2,1-2H3. The Labute approximate surface area is 125 Å². The van der Waals surface area contributed by atoms with Gasteiger partial charge < -0.3 is 10.0 Å². The smallest absolute Gasteiger partial charge is 0.176 e. The maximum absolute atomic E-state index is 11.9. The normalized spacial score (nSPS) is 10.2. The van der Waals surface area contributed by atoms with Crippen LogP contribution in [-0.4, -0.2) is 40.0 Å². The molecule has 3 nitrogen and oxygen atoms in total. The number of Topliss-reactive ketones (excluding diaryl/α,β-unsaturated/α-hetero) is 1. The number of thioether (sulfide) groups is 1. The maximum atomic E-state index is 11.9. The fourth-order valence-corrected chi connectivity index (χ4v) is 2.45. The van der Waals surface area contributed by atoms with E-state index in [1.807, 2.05) is 0 Å². The van der Waals surface area contributed by atoms with Crippen LogP contribution >= 0.6 is 47.2 Å². The van der Waals surface area contributed by atoms with Crippen LogP contribution in [0.15, 0.2) is 12.1 Å². The van der Waals surface area contributed by atoms with Crippen molar-refractivity contribution in [3.63, 3.8) is 0 Å². The van der Waals surface area contributed by atoms with Crippen LogP contribution in [0.3, 0.4) is 0 Å². The number of phenols is 1. The van der Waals surface area contributed by atoms with Gasteiger partial charge in [-0.15, -0.1) is 0 Å². The van der Waals surface area contributed by atoms with E-state index in [-0.39, 0.29) is 27.9 Å². The van der Waals surface area contributed by atoms with Gasteiger partial charge in [0.15, 0.2) is 5.78 Å². The van der Waals surface area contributed by atoms with Crippen LogP contribution in [0.5, 0.6) is 5.75 Å². The van der Waals surface area contributed by atoms with Crippen molar-refractivity contribution in [3.05, 3.63) is 27.7 Å². The Morgan fingerprint density at radius 2 is 2.06 bits per heavy atom. The first-order chi connectivity index (χ1) is 8.32. The number of aromatic hydroxyl groups is 1. The van der Waals surface area contributed by atoms with Gasteiger partial charge in [-0.25, -0.2) is 0 Å². The van der Waals surface area contributed by atoms with Crippen LogP contribution in [0, 0.1) is 0 Å². The summed E-state index contributed by atoms with van der Waals surface area (Å²) >= 11 is 17.8. The highest BCUT2D eigenvalue weighted by molar-refractivity contribution is 8.23. The second kappa shape index (κ2) is 6.61. The van der Waals surface area contributed by atoms with E-state index in [9.17, 15) is 9.90 Å². The number of benzene rings is 1. The summed E-state index contributed by atoms with van der Waals surface area (Å²) in [5.74, 6) is -0.394. The molecule has 0 heterocycles. The SMILES string of the molecule is CN(C)C(=S)SCC(=O)c1cc(Cl)cc(Cl)c1O. The Morgan fingerprint density at radius 1 is 1.44 bits per heavy atom. The van der Waals surface area contributed by atoms with E-state index in [1.165, 1.54) is 23.9 Å². The molecule has 98 valence electrons. The molecule has 1 aromatic carbocycles. The van der Waals surface area contributed by atoms with Gasteiger partial charge in [-0.2, -0.15) is 0 Å². The minimum absolute atomic E-state index is 0.0611. The Balaban J connectivity index is 2.82. The Bertz CT molecular complexity index is 492. The highest BCUT2D eigenvalue weighted by atomic mass is 35.5. The van der Waals surface area contributed by atoms with Crippen molar-refractivity contribution in [2.45, 2.75) is 0 Å².